The van der Waals surface area contributed by atoms with E-state index in [1.165, 1.54) is 18.8 Å². The molecular formula is C14H26N2OS. The van der Waals surface area contributed by atoms with Crippen molar-refractivity contribution in [2.24, 2.45) is 5.92 Å². The average molecular weight is 270 g/mol. The molecule has 0 aromatic rings. The largest absolute Gasteiger partial charge is 0.340 e. The molecule has 0 bridgehead atoms. The molecule has 2 fully saturated rings. The number of rotatable bonds is 4. The van der Waals surface area contributed by atoms with Gasteiger partial charge in [-0.1, -0.05) is 20.8 Å². The maximum absolute atomic E-state index is 12.0. The molecule has 0 aliphatic carbocycles. The summed E-state index contributed by atoms with van der Waals surface area (Å²) >= 11 is 2.07. The van der Waals surface area contributed by atoms with Crippen molar-refractivity contribution >= 4 is 17.7 Å². The summed E-state index contributed by atoms with van der Waals surface area (Å²) in [5, 5.41) is 0. The minimum Gasteiger partial charge on any atom is -0.340 e. The molecule has 2 aliphatic rings. The van der Waals surface area contributed by atoms with Gasteiger partial charge in [-0.2, -0.15) is 0 Å². The van der Waals surface area contributed by atoms with Crippen molar-refractivity contribution in [3.63, 3.8) is 0 Å². The van der Waals surface area contributed by atoms with Crippen LogP contribution >= 0.6 is 11.8 Å². The zero-order valence-electron chi connectivity index (χ0n) is 11.9. The first-order valence-electron chi connectivity index (χ1n) is 7.24. The lowest BCUT2D eigenvalue weighted by Crippen LogP contribution is -2.46. The van der Waals surface area contributed by atoms with E-state index < -0.39 is 0 Å². The van der Waals surface area contributed by atoms with Gasteiger partial charge in [-0.3, -0.25) is 9.69 Å². The Morgan fingerprint density at radius 2 is 2.17 bits per heavy atom. The summed E-state index contributed by atoms with van der Waals surface area (Å²) < 4.78 is 0. The minimum atomic E-state index is 0.244. The van der Waals surface area contributed by atoms with Crippen LogP contribution in [0.4, 0.5) is 0 Å². The fourth-order valence-electron chi connectivity index (χ4n) is 3.07. The lowest BCUT2D eigenvalue weighted by atomic mass is 10.1. The fraction of sp³-hybridized carbons (Fsp3) is 0.929. The third-order valence-electron chi connectivity index (χ3n) is 3.92. The molecule has 1 unspecified atom stereocenters. The molecule has 1 atom stereocenters. The number of carbonyl (C=O) groups excluding carboxylic acids is 1. The van der Waals surface area contributed by atoms with E-state index in [-0.39, 0.29) is 4.87 Å². The molecular weight excluding hydrogens is 244 g/mol. The zero-order valence-corrected chi connectivity index (χ0v) is 12.8. The zero-order chi connectivity index (χ0) is 13.2. The molecule has 1 spiro atoms. The first kappa shape index (κ1) is 14.2. The van der Waals surface area contributed by atoms with Crippen LogP contribution in [0, 0.1) is 5.92 Å². The SMILES string of the molecule is CCCC(=O)N1CCC2(C1)SCCN2CC(C)C. The number of amides is 1. The van der Waals surface area contributed by atoms with Gasteiger partial charge in [0.1, 0.15) is 0 Å². The molecule has 104 valence electrons. The summed E-state index contributed by atoms with van der Waals surface area (Å²) in [6.45, 7) is 10.9. The summed E-state index contributed by atoms with van der Waals surface area (Å²) in [5.74, 6) is 2.29. The quantitative estimate of drug-likeness (QED) is 0.784. The van der Waals surface area contributed by atoms with E-state index in [4.69, 9.17) is 0 Å². The summed E-state index contributed by atoms with van der Waals surface area (Å²) in [5.41, 5.74) is 0. The highest BCUT2D eigenvalue weighted by Gasteiger charge is 2.47. The van der Waals surface area contributed by atoms with Crippen LogP contribution in [0.2, 0.25) is 0 Å². The van der Waals surface area contributed by atoms with Gasteiger partial charge in [-0.15, -0.1) is 11.8 Å². The maximum Gasteiger partial charge on any atom is 0.222 e. The molecule has 18 heavy (non-hydrogen) atoms. The summed E-state index contributed by atoms with van der Waals surface area (Å²) in [7, 11) is 0. The van der Waals surface area contributed by atoms with Crippen molar-refractivity contribution in [1.29, 1.82) is 0 Å². The van der Waals surface area contributed by atoms with E-state index in [0.29, 0.717) is 18.2 Å². The van der Waals surface area contributed by atoms with Crippen LogP contribution in [0.3, 0.4) is 0 Å². The molecule has 0 aromatic heterocycles. The Kier molecular flexibility index (Phi) is 4.59. The van der Waals surface area contributed by atoms with Crippen molar-refractivity contribution < 1.29 is 4.79 Å². The third-order valence-corrected chi connectivity index (χ3v) is 5.44. The van der Waals surface area contributed by atoms with E-state index in [9.17, 15) is 4.79 Å². The molecule has 2 rings (SSSR count). The van der Waals surface area contributed by atoms with Gasteiger partial charge in [0.15, 0.2) is 0 Å². The number of thioether (sulfide) groups is 1. The molecule has 0 N–H and O–H groups in total. The Labute approximate surface area is 115 Å². The fourth-order valence-corrected chi connectivity index (χ4v) is 4.59. The van der Waals surface area contributed by atoms with Crippen LogP contribution in [0.25, 0.3) is 0 Å². The number of nitrogens with zero attached hydrogens (tertiary/aromatic N) is 2. The van der Waals surface area contributed by atoms with Crippen molar-refractivity contribution in [3.05, 3.63) is 0 Å². The smallest absolute Gasteiger partial charge is 0.222 e. The Hall–Kier alpha value is -0.220. The van der Waals surface area contributed by atoms with Crippen molar-refractivity contribution in [3.8, 4) is 0 Å². The van der Waals surface area contributed by atoms with Gasteiger partial charge < -0.3 is 4.90 Å². The molecule has 0 saturated carbocycles. The maximum atomic E-state index is 12.0. The van der Waals surface area contributed by atoms with Gasteiger partial charge in [0.2, 0.25) is 5.91 Å². The highest BCUT2D eigenvalue weighted by Crippen LogP contribution is 2.43. The van der Waals surface area contributed by atoms with Gasteiger partial charge in [0, 0.05) is 38.4 Å². The Morgan fingerprint density at radius 1 is 1.39 bits per heavy atom. The molecule has 3 nitrogen and oxygen atoms in total. The van der Waals surface area contributed by atoms with Crippen LogP contribution in [0.15, 0.2) is 0 Å². The van der Waals surface area contributed by atoms with E-state index in [1.807, 2.05) is 0 Å². The highest BCUT2D eigenvalue weighted by atomic mass is 32.2. The van der Waals surface area contributed by atoms with Crippen LogP contribution in [-0.2, 0) is 4.79 Å². The topological polar surface area (TPSA) is 23.6 Å². The monoisotopic (exact) mass is 270 g/mol. The molecule has 0 radical (unpaired) electrons. The molecule has 4 heteroatoms. The molecule has 2 aliphatic heterocycles. The lowest BCUT2D eigenvalue weighted by molar-refractivity contribution is -0.130. The third kappa shape index (κ3) is 2.85. The van der Waals surface area contributed by atoms with E-state index in [1.54, 1.807) is 0 Å². The molecule has 2 heterocycles. The predicted octanol–water partition coefficient (Wildman–Crippen LogP) is 2.42. The van der Waals surface area contributed by atoms with Crippen LogP contribution in [0.5, 0.6) is 0 Å². The molecule has 1 amide bonds. The summed E-state index contributed by atoms with van der Waals surface area (Å²) in [4.78, 5) is 17.0. The first-order chi connectivity index (χ1) is 8.57. The summed E-state index contributed by atoms with van der Waals surface area (Å²) in [6, 6.07) is 0. The Bertz CT molecular complexity index is 308. The average Bonchev–Trinajstić information content (AvgIpc) is 2.88. The second-order valence-corrected chi connectivity index (χ2v) is 7.41. The van der Waals surface area contributed by atoms with Crippen LogP contribution in [-0.4, -0.2) is 52.5 Å². The number of hydrogen-bond donors (Lipinski definition) is 0. The van der Waals surface area contributed by atoms with Crippen molar-refractivity contribution in [1.82, 2.24) is 9.80 Å². The molecule has 0 aromatic carbocycles. The lowest BCUT2D eigenvalue weighted by Gasteiger charge is -2.35. The standard InChI is InChI=1S/C14H26N2OS/c1-4-5-13(17)15-7-6-14(11-15)16(8-9-18-14)10-12(2)3/h12H,4-11H2,1-3H3. The van der Waals surface area contributed by atoms with E-state index in [0.717, 1.165) is 25.9 Å². The van der Waals surface area contributed by atoms with Gasteiger partial charge in [0.05, 0.1) is 4.87 Å². The van der Waals surface area contributed by atoms with Gasteiger partial charge in [-0.05, 0) is 18.8 Å². The van der Waals surface area contributed by atoms with Crippen molar-refractivity contribution in [2.75, 3.05) is 31.9 Å². The summed E-state index contributed by atoms with van der Waals surface area (Å²) in [6.07, 6.45) is 2.83. The second kappa shape index (κ2) is 5.83. The number of hydrogen-bond acceptors (Lipinski definition) is 3. The van der Waals surface area contributed by atoms with E-state index >= 15 is 0 Å². The number of carbonyl (C=O) groups is 1. The molecule has 2 saturated heterocycles. The predicted molar refractivity (Wildman–Crippen MR) is 77.7 cm³/mol. The van der Waals surface area contributed by atoms with Crippen molar-refractivity contribution in [2.45, 2.75) is 44.9 Å². The highest BCUT2D eigenvalue weighted by molar-refractivity contribution is 8.00. The normalized spacial score (nSPS) is 28.8. The number of likely N-dealkylation sites (tertiary alicyclic amines) is 1. The van der Waals surface area contributed by atoms with Crippen LogP contribution in [0.1, 0.15) is 40.0 Å². The van der Waals surface area contributed by atoms with Gasteiger partial charge in [-0.25, -0.2) is 0 Å². The first-order valence-corrected chi connectivity index (χ1v) is 8.23. The Morgan fingerprint density at radius 3 is 2.83 bits per heavy atom. The minimum absolute atomic E-state index is 0.244. The van der Waals surface area contributed by atoms with Gasteiger partial charge >= 0.3 is 0 Å². The van der Waals surface area contributed by atoms with Crippen LogP contribution < -0.4 is 0 Å². The second-order valence-electron chi connectivity index (χ2n) is 5.95. The van der Waals surface area contributed by atoms with E-state index in [2.05, 4.69) is 42.3 Å². The Balaban J connectivity index is 1.98. The van der Waals surface area contributed by atoms with Gasteiger partial charge in [0.25, 0.3) is 0 Å².